The van der Waals surface area contributed by atoms with E-state index in [2.05, 4.69) is 60.3 Å². The minimum atomic E-state index is -10.7. The van der Waals surface area contributed by atoms with Crippen LogP contribution in [-0.2, 0) is 0 Å². The summed E-state index contributed by atoms with van der Waals surface area (Å²) >= 11 is 0. The monoisotopic (exact) mass is 363 g/mol. The van der Waals surface area contributed by atoms with Gasteiger partial charge in [0.1, 0.15) is 5.69 Å². The summed E-state index contributed by atoms with van der Waals surface area (Å²) < 4.78 is 59.2. The Morgan fingerprint density at radius 2 is 1.00 bits per heavy atom. The van der Waals surface area contributed by atoms with E-state index in [1.807, 2.05) is 0 Å². The van der Waals surface area contributed by atoms with Crippen LogP contribution < -0.4 is 5.73 Å². The molecular weight excluding hydrogens is 351 g/mol. The number of rotatable bonds is 0. The van der Waals surface area contributed by atoms with E-state index in [1.165, 1.54) is 32.3 Å². The Hall–Kier alpha value is -2.11. The summed E-state index contributed by atoms with van der Waals surface area (Å²) in [6.45, 7) is 0. The maximum Gasteiger partial charge on any atom is 0.135 e. The average Bonchev–Trinajstić information content (AvgIpc) is 2.43. The first-order valence-electron chi connectivity index (χ1n) is 6.84. The van der Waals surface area contributed by atoms with Crippen LogP contribution in [0.5, 0.6) is 0 Å². The van der Waals surface area contributed by atoms with Crippen molar-refractivity contribution in [1.82, 2.24) is 0 Å². The second kappa shape index (κ2) is 4.49. The molecule has 1 nitrogen and oxygen atoms in total. The number of hydrogen-bond donors (Lipinski definition) is 1. The van der Waals surface area contributed by atoms with Gasteiger partial charge >= 0.3 is 33.0 Å². The van der Waals surface area contributed by atoms with Gasteiger partial charge in [-0.15, -0.1) is 0 Å². The molecule has 4 rings (SSSR count). The molecule has 0 atom stereocenters. The van der Waals surface area contributed by atoms with Crippen molar-refractivity contribution in [2.24, 2.45) is 0 Å². The molecule has 0 heterocycles. The van der Waals surface area contributed by atoms with Gasteiger partial charge in [-0.05, 0) is 33.7 Å². The summed E-state index contributed by atoms with van der Waals surface area (Å²) in [5.74, 6) is 0. The van der Waals surface area contributed by atoms with E-state index in [1.54, 1.807) is 0 Å². The van der Waals surface area contributed by atoms with E-state index in [0.717, 1.165) is 5.69 Å². The summed E-state index contributed by atoms with van der Waals surface area (Å²) in [5.41, 5.74) is 5.23. The van der Waals surface area contributed by atoms with Gasteiger partial charge in [-0.2, -0.15) is 0 Å². The van der Waals surface area contributed by atoms with Gasteiger partial charge < -0.3 is 5.73 Å². The minimum absolute atomic E-state index is 1.11. The summed E-state index contributed by atoms with van der Waals surface area (Å²) in [4.78, 5) is 0. The number of quaternary nitrogens is 1. The minimum Gasteiger partial charge on any atom is -0.325 e. The number of halogens is 6. The fourth-order valence-corrected chi connectivity index (χ4v) is 2.80. The molecule has 0 fully saturated rings. The van der Waals surface area contributed by atoms with Crippen molar-refractivity contribution in [3.8, 4) is 0 Å². The molecule has 8 heteroatoms. The molecule has 4 aromatic rings. The Kier molecular flexibility index (Phi) is 3.13. The molecule has 0 amide bonds. The van der Waals surface area contributed by atoms with Crippen LogP contribution in [0, 0.1) is 0 Å². The largest absolute Gasteiger partial charge is 0.325 e. The van der Waals surface area contributed by atoms with Crippen molar-refractivity contribution >= 4 is 45.8 Å². The van der Waals surface area contributed by atoms with Crippen LogP contribution in [0.25, 0.3) is 32.3 Å². The van der Waals surface area contributed by atoms with Gasteiger partial charge in [0.25, 0.3) is 0 Å². The first-order chi connectivity index (χ1) is 10.8. The molecule has 0 saturated carbocycles. The van der Waals surface area contributed by atoms with Crippen LogP contribution in [0.2, 0.25) is 0 Å². The quantitative estimate of drug-likeness (QED) is 0.201. The molecule has 0 aliphatic rings. The van der Waals surface area contributed by atoms with Gasteiger partial charge in [0.2, 0.25) is 0 Å². The molecule has 4 aromatic carbocycles. The Balaban J connectivity index is 0.000000209. The molecule has 0 aliphatic heterocycles. The van der Waals surface area contributed by atoms with Crippen LogP contribution in [-0.4, -0.2) is 0 Å². The smallest absolute Gasteiger partial charge is 0.135 e. The molecule has 128 valence electrons. The Labute approximate surface area is 132 Å². The average molecular weight is 363 g/mol. The third-order valence-corrected chi connectivity index (χ3v) is 3.62. The topological polar surface area (TPSA) is 27.6 Å². The van der Waals surface area contributed by atoms with E-state index in [4.69, 9.17) is 0 Å². The van der Waals surface area contributed by atoms with Gasteiger partial charge in [-0.25, -0.2) is 0 Å². The van der Waals surface area contributed by atoms with Crippen LogP contribution >= 0.6 is 7.81 Å². The molecule has 0 spiro atoms. The van der Waals surface area contributed by atoms with Crippen molar-refractivity contribution in [3.63, 3.8) is 0 Å². The van der Waals surface area contributed by atoms with Crippen LogP contribution in [0.3, 0.4) is 0 Å². The van der Waals surface area contributed by atoms with Gasteiger partial charge in [0, 0.05) is 16.8 Å². The summed E-state index contributed by atoms with van der Waals surface area (Å²) in [7, 11) is -10.7. The molecular formula is C16H12F6NP. The van der Waals surface area contributed by atoms with Gasteiger partial charge in [-0.1, -0.05) is 36.4 Å². The Bertz CT molecular complexity index is 1030. The predicted molar refractivity (Wildman–Crippen MR) is 86.3 cm³/mol. The standard InChI is InChI=1S/C16H11N.F6P/c17-14-9-7-12-5-4-10-2-1-3-11-6-8-13(14)16(12)15(10)11;1-7(2,3,4,5)6/h1-9H,17H2;/q;-1/p+1. The fraction of sp³-hybridized carbons (Fsp3) is 0. The van der Waals surface area contributed by atoms with Crippen LogP contribution in [0.4, 0.5) is 30.9 Å². The summed E-state index contributed by atoms with van der Waals surface area (Å²) in [6, 6.07) is 19.5. The van der Waals surface area contributed by atoms with Crippen LogP contribution in [0.1, 0.15) is 0 Å². The third kappa shape index (κ3) is 3.86. The number of benzene rings is 4. The van der Waals surface area contributed by atoms with E-state index >= 15 is 0 Å². The molecule has 0 aliphatic carbocycles. The van der Waals surface area contributed by atoms with Gasteiger partial charge in [0.15, 0.2) is 0 Å². The molecule has 24 heavy (non-hydrogen) atoms. The fourth-order valence-electron chi connectivity index (χ4n) is 2.80. The molecule has 3 N–H and O–H groups in total. The number of hydrogen-bond acceptors (Lipinski definition) is 0. The second-order valence-electron chi connectivity index (χ2n) is 5.54. The van der Waals surface area contributed by atoms with Crippen molar-refractivity contribution in [2.45, 2.75) is 0 Å². The maximum atomic E-state index is 9.87. The van der Waals surface area contributed by atoms with E-state index in [0.29, 0.717) is 0 Å². The predicted octanol–water partition coefficient (Wildman–Crippen LogP) is 6.84. The molecule has 0 aromatic heterocycles. The molecule has 0 unspecified atom stereocenters. The van der Waals surface area contributed by atoms with Gasteiger partial charge in [0.05, 0.1) is 0 Å². The van der Waals surface area contributed by atoms with E-state index < -0.39 is 7.81 Å². The summed E-state index contributed by atoms with van der Waals surface area (Å²) in [5, 5.41) is 7.92. The van der Waals surface area contributed by atoms with Crippen molar-refractivity contribution in [1.29, 1.82) is 0 Å². The first-order valence-corrected chi connectivity index (χ1v) is 8.87. The van der Waals surface area contributed by atoms with Crippen LogP contribution in [0.15, 0.2) is 54.6 Å². The molecule has 0 saturated heterocycles. The molecule has 0 bridgehead atoms. The summed E-state index contributed by atoms with van der Waals surface area (Å²) in [6.07, 6.45) is 0. The Morgan fingerprint density at radius 3 is 1.54 bits per heavy atom. The molecule has 0 radical (unpaired) electrons. The SMILES string of the molecule is F[P-](F)(F)(F)(F)F.[NH3+]c1ccc2ccc3cccc4ccc1c2c34. The first kappa shape index (κ1) is 16.7. The van der Waals surface area contributed by atoms with Gasteiger partial charge in [-0.3, -0.25) is 0 Å². The zero-order valence-electron chi connectivity index (χ0n) is 12.1. The third-order valence-electron chi connectivity index (χ3n) is 3.62. The van der Waals surface area contributed by atoms with Crippen molar-refractivity contribution in [3.05, 3.63) is 54.6 Å². The second-order valence-corrected chi connectivity index (χ2v) is 7.46. The maximum absolute atomic E-state index is 10.7. The van der Waals surface area contributed by atoms with E-state index in [9.17, 15) is 25.2 Å². The van der Waals surface area contributed by atoms with E-state index in [-0.39, 0.29) is 0 Å². The zero-order valence-corrected chi connectivity index (χ0v) is 13.0. The zero-order chi connectivity index (χ0) is 17.8. The van der Waals surface area contributed by atoms with Crippen molar-refractivity contribution < 1.29 is 30.9 Å². The Morgan fingerprint density at radius 1 is 0.583 bits per heavy atom. The van der Waals surface area contributed by atoms with Crippen molar-refractivity contribution in [2.75, 3.05) is 0 Å². The normalized spacial score (nSPS) is 15.1.